The van der Waals surface area contributed by atoms with Crippen molar-refractivity contribution in [1.29, 1.82) is 0 Å². The molecule has 0 aromatic rings. The first kappa shape index (κ1) is 18.7. The Morgan fingerprint density at radius 3 is 2.52 bits per heavy atom. The highest BCUT2D eigenvalue weighted by molar-refractivity contribution is 7.16. The first-order chi connectivity index (χ1) is 10.0. The molecule has 0 amide bonds. The molecule has 3 atom stereocenters. The number of methoxy groups -OCH3 is 1. The van der Waals surface area contributed by atoms with E-state index in [0.29, 0.717) is 17.9 Å². The van der Waals surface area contributed by atoms with Crippen LogP contribution in [0.25, 0.3) is 0 Å². The Hall–Kier alpha value is -0.350. The van der Waals surface area contributed by atoms with Crippen LogP contribution in [-0.2, 0) is 4.74 Å². The molecule has 1 nitrogen and oxygen atoms in total. The summed E-state index contributed by atoms with van der Waals surface area (Å²) in [5.74, 6) is 1.34. The van der Waals surface area contributed by atoms with Gasteiger partial charge in [-0.3, -0.25) is 0 Å². The van der Waals surface area contributed by atoms with E-state index in [0.717, 1.165) is 17.1 Å². The van der Waals surface area contributed by atoms with Gasteiger partial charge in [0.25, 0.3) is 0 Å². The molecule has 2 unspecified atom stereocenters. The monoisotopic (exact) mass is 308 g/mol. The number of hydrogen-bond acceptors (Lipinski definition) is 1. The summed E-state index contributed by atoms with van der Waals surface area (Å²) in [5.41, 5.74) is 6.17. The summed E-state index contributed by atoms with van der Waals surface area (Å²) in [6.07, 6.45) is 10.3. The molecule has 0 radical (unpaired) electrons. The van der Waals surface area contributed by atoms with Crippen LogP contribution in [-0.4, -0.2) is 19.9 Å². The second kappa shape index (κ2) is 8.94. The van der Waals surface area contributed by atoms with Gasteiger partial charge in [0.15, 0.2) is 0 Å². The van der Waals surface area contributed by atoms with E-state index in [4.69, 9.17) is 4.74 Å². The fourth-order valence-corrected chi connectivity index (χ4v) is 4.29. The van der Waals surface area contributed by atoms with Crippen molar-refractivity contribution < 1.29 is 4.74 Å². The molecule has 1 saturated carbocycles. The predicted octanol–water partition coefficient (Wildman–Crippen LogP) is 5.39. The van der Waals surface area contributed by atoms with Crippen LogP contribution in [0.5, 0.6) is 0 Å². The largest absolute Gasteiger partial charge is 0.379 e. The molecule has 0 spiro atoms. The van der Waals surface area contributed by atoms with Gasteiger partial charge >= 0.3 is 0 Å². The van der Waals surface area contributed by atoms with Gasteiger partial charge in [-0.25, -0.2) is 0 Å². The predicted molar refractivity (Wildman–Crippen MR) is 96.7 cm³/mol. The maximum absolute atomic E-state index is 5.24. The Labute approximate surface area is 134 Å². The molecular formula is C19H33OP. The molecule has 21 heavy (non-hydrogen) atoms. The third-order valence-electron chi connectivity index (χ3n) is 5.10. The van der Waals surface area contributed by atoms with Crippen molar-refractivity contribution in [3.8, 4) is 0 Å². The van der Waals surface area contributed by atoms with E-state index in [1.54, 1.807) is 7.11 Å². The minimum Gasteiger partial charge on any atom is -0.379 e. The lowest BCUT2D eigenvalue weighted by Gasteiger charge is -2.49. The molecule has 0 heterocycles. The summed E-state index contributed by atoms with van der Waals surface area (Å²) in [5, 5.41) is 0. The molecule has 1 aliphatic carbocycles. The number of ether oxygens (including phenoxy) is 1. The van der Waals surface area contributed by atoms with Crippen molar-refractivity contribution in [2.45, 2.75) is 52.9 Å². The third-order valence-corrected chi connectivity index (χ3v) is 5.91. The summed E-state index contributed by atoms with van der Waals surface area (Å²) < 4.78 is 5.24. The lowest BCUT2D eigenvalue weighted by atomic mass is 9.58. The van der Waals surface area contributed by atoms with Crippen molar-refractivity contribution in [2.75, 3.05) is 19.9 Å². The Bertz CT molecular complexity index is 394. The molecule has 1 rings (SSSR count). The quantitative estimate of drug-likeness (QED) is 0.315. The molecule has 0 N–H and O–H groups in total. The third kappa shape index (κ3) is 4.82. The molecule has 120 valence electrons. The molecule has 1 fully saturated rings. The van der Waals surface area contributed by atoms with E-state index in [1.807, 2.05) is 6.92 Å². The zero-order valence-corrected chi connectivity index (χ0v) is 15.5. The molecule has 0 aromatic carbocycles. The van der Waals surface area contributed by atoms with Crippen LogP contribution in [0.3, 0.4) is 0 Å². The maximum Gasteiger partial charge on any atom is 0.0787 e. The highest BCUT2D eigenvalue weighted by Gasteiger charge is 2.43. The van der Waals surface area contributed by atoms with Crippen LogP contribution in [0.15, 0.2) is 29.5 Å². The number of rotatable bonds is 9. The van der Waals surface area contributed by atoms with Crippen LogP contribution >= 0.6 is 9.24 Å². The molecule has 0 aromatic heterocycles. The van der Waals surface area contributed by atoms with Gasteiger partial charge in [-0.1, -0.05) is 33.3 Å². The van der Waals surface area contributed by atoms with Gasteiger partial charge in [-0.2, -0.15) is 0 Å². The SMILES string of the molecule is C=C(C)C(=C=C[C@H](C)C(CCC)C1(CP)CCC1)COC. The van der Waals surface area contributed by atoms with Gasteiger partial charge in [0.2, 0.25) is 0 Å². The standard InChI is InChI=1S/C19H33OP/c1-6-8-18(19(14-21)11-7-12-19)16(4)9-10-17(13-20-5)15(2)3/h9,16,18H,2,6-8,11-14,21H2,1,3-5H3/t10?,16-,18?/m0/s1. The second-order valence-electron chi connectivity index (χ2n) is 6.68. The molecule has 0 aliphatic heterocycles. The Morgan fingerprint density at radius 2 is 2.14 bits per heavy atom. The molecule has 2 heteroatoms. The van der Waals surface area contributed by atoms with Gasteiger partial charge in [-0.05, 0) is 61.2 Å². The van der Waals surface area contributed by atoms with Crippen LogP contribution in [0, 0.1) is 17.3 Å². The lowest BCUT2D eigenvalue weighted by Crippen LogP contribution is -2.41. The van der Waals surface area contributed by atoms with E-state index >= 15 is 0 Å². The van der Waals surface area contributed by atoms with E-state index in [-0.39, 0.29) is 0 Å². The molecular weight excluding hydrogens is 275 g/mol. The summed E-state index contributed by atoms with van der Waals surface area (Å²) in [4.78, 5) is 0. The topological polar surface area (TPSA) is 9.23 Å². The van der Waals surface area contributed by atoms with Crippen molar-refractivity contribution in [3.05, 3.63) is 29.5 Å². The lowest BCUT2D eigenvalue weighted by molar-refractivity contribution is 0.0475. The van der Waals surface area contributed by atoms with Crippen molar-refractivity contribution in [1.82, 2.24) is 0 Å². The minimum absolute atomic E-state index is 0.558. The van der Waals surface area contributed by atoms with Gasteiger partial charge in [-0.15, -0.1) is 15.0 Å². The summed E-state index contributed by atoms with van der Waals surface area (Å²) in [6.45, 7) is 11.3. The average Bonchev–Trinajstić information content (AvgIpc) is 2.41. The van der Waals surface area contributed by atoms with Gasteiger partial charge < -0.3 is 4.74 Å². The summed E-state index contributed by atoms with van der Waals surface area (Å²) in [7, 11) is 4.72. The first-order valence-corrected chi connectivity index (χ1v) is 9.13. The molecule has 1 aliphatic rings. The fourth-order valence-electron chi connectivity index (χ4n) is 3.58. The minimum atomic E-state index is 0.558. The Morgan fingerprint density at radius 1 is 1.48 bits per heavy atom. The number of hydrogen-bond donors (Lipinski definition) is 0. The van der Waals surface area contributed by atoms with Crippen LogP contribution in [0.1, 0.15) is 52.9 Å². The first-order valence-electron chi connectivity index (χ1n) is 8.31. The van der Waals surface area contributed by atoms with Crippen LogP contribution in [0.2, 0.25) is 0 Å². The highest BCUT2D eigenvalue weighted by Crippen LogP contribution is 2.52. The zero-order valence-electron chi connectivity index (χ0n) is 14.4. The molecule has 0 saturated heterocycles. The zero-order chi connectivity index (χ0) is 15.9. The average molecular weight is 308 g/mol. The fraction of sp³-hybridized carbons (Fsp3) is 0.737. The highest BCUT2D eigenvalue weighted by atomic mass is 31.0. The summed E-state index contributed by atoms with van der Waals surface area (Å²) in [6, 6.07) is 0. The van der Waals surface area contributed by atoms with Crippen molar-refractivity contribution in [2.24, 2.45) is 17.3 Å². The van der Waals surface area contributed by atoms with E-state index in [2.05, 4.69) is 41.5 Å². The Balaban J connectivity index is 2.93. The second-order valence-corrected chi connectivity index (χ2v) is 7.09. The van der Waals surface area contributed by atoms with Gasteiger partial charge in [0, 0.05) is 12.7 Å². The van der Waals surface area contributed by atoms with Crippen LogP contribution in [0.4, 0.5) is 0 Å². The van der Waals surface area contributed by atoms with E-state index < -0.39 is 0 Å². The van der Waals surface area contributed by atoms with Crippen molar-refractivity contribution >= 4 is 9.24 Å². The van der Waals surface area contributed by atoms with Crippen molar-refractivity contribution in [3.63, 3.8) is 0 Å². The van der Waals surface area contributed by atoms with Gasteiger partial charge in [0.1, 0.15) is 0 Å². The van der Waals surface area contributed by atoms with E-state index in [1.165, 1.54) is 38.3 Å². The van der Waals surface area contributed by atoms with Gasteiger partial charge in [0.05, 0.1) is 6.61 Å². The normalized spacial score (nSPS) is 19.1. The van der Waals surface area contributed by atoms with E-state index in [9.17, 15) is 0 Å². The maximum atomic E-state index is 5.24. The smallest absolute Gasteiger partial charge is 0.0787 e. The molecule has 0 bridgehead atoms. The summed E-state index contributed by atoms with van der Waals surface area (Å²) >= 11 is 0. The van der Waals surface area contributed by atoms with Crippen LogP contribution < -0.4 is 0 Å². The Kier molecular flexibility index (Phi) is 7.96.